The molecule has 0 amide bonds. The summed E-state index contributed by atoms with van der Waals surface area (Å²) in [5.41, 5.74) is 4.95. The first-order valence-electron chi connectivity index (χ1n) is 6.95. The lowest BCUT2D eigenvalue weighted by Crippen LogP contribution is -2.51. The van der Waals surface area contributed by atoms with Crippen LogP contribution in [0.1, 0.15) is 31.7 Å². The average molecular weight is 283 g/mol. The van der Waals surface area contributed by atoms with Crippen molar-refractivity contribution >= 4 is 10.0 Å². The van der Waals surface area contributed by atoms with E-state index in [1.165, 1.54) is 0 Å². The maximum absolute atomic E-state index is 12.6. The van der Waals surface area contributed by atoms with E-state index in [-0.39, 0.29) is 6.04 Å². The number of piperidine rings is 1. The molecule has 19 heavy (non-hydrogen) atoms. The van der Waals surface area contributed by atoms with Crippen LogP contribution in [0, 0.1) is 0 Å². The second-order valence-electron chi connectivity index (χ2n) is 5.21. The zero-order valence-corrected chi connectivity index (χ0v) is 12.3. The summed E-state index contributed by atoms with van der Waals surface area (Å²) in [4.78, 5) is 0.411. The van der Waals surface area contributed by atoms with Gasteiger partial charge in [0.25, 0.3) is 0 Å². The van der Waals surface area contributed by atoms with E-state index in [4.69, 9.17) is 0 Å². The summed E-state index contributed by atoms with van der Waals surface area (Å²) < 4.78 is 26.8. The summed E-state index contributed by atoms with van der Waals surface area (Å²) >= 11 is 0. The second kappa shape index (κ2) is 6.03. The van der Waals surface area contributed by atoms with Crippen LogP contribution in [0.4, 0.5) is 0 Å². The first-order valence-corrected chi connectivity index (χ1v) is 8.40. The Morgan fingerprint density at radius 3 is 2.53 bits per heavy atom. The van der Waals surface area contributed by atoms with Crippen LogP contribution in [0.2, 0.25) is 0 Å². The van der Waals surface area contributed by atoms with Crippen molar-refractivity contribution in [2.45, 2.75) is 43.5 Å². The van der Waals surface area contributed by atoms with Gasteiger partial charge in [0, 0.05) is 19.0 Å². The molecule has 0 spiro atoms. The minimum atomic E-state index is -3.33. The fraction of sp³-hybridized carbons (Fsp3) is 0.571. The highest BCUT2D eigenvalue weighted by Crippen LogP contribution is 2.25. The molecule has 1 aromatic carbocycles. The Hall–Kier alpha value is -0.910. The number of hydrogen-bond donors (Lipinski definition) is 1. The van der Waals surface area contributed by atoms with Crippen LogP contribution in [-0.2, 0) is 16.4 Å². The Kier molecular flexibility index (Phi) is 4.60. The third-order valence-corrected chi connectivity index (χ3v) is 5.77. The number of nitrogens with zero attached hydrogens (tertiary/aromatic N) is 1. The zero-order chi connectivity index (χ0) is 13.9. The molecule has 1 aliphatic heterocycles. The Labute approximate surface area is 115 Å². The summed E-state index contributed by atoms with van der Waals surface area (Å²) in [5, 5.41) is 0. The van der Waals surface area contributed by atoms with Gasteiger partial charge in [-0.3, -0.25) is 0 Å². The highest BCUT2D eigenvalue weighted by Gasteiger charge is 2.30. The van der Waals surface area contributed by atoms with Crippen molar-refractivity contribution in [1.29, 1.82) is 0 Å². The molecule has 1 atom stereocenters. The summed E-state index contributed by atoms with van der Waals surface area (Å²) in [6.45, 7) is 3.47. The highest BCUT2D eigenvalue weighted by molar-refractivity contribution is 7.89. The van der Waals surface area contributed by atoms with Crippen LogP contribution in [0.15, 0.2) is 29.2 Å². The Bertz CT molecular complexity index is 511. The van der Waals surface area contributed by atoms with E-state index in [1.54, 1.807) is 16.4 Å². The van der Waals surface area contributed by atoms with Crippen LogP contribution in [-0.4, -0.2) is 31.9 Å². The maximum Gasteiger partial charge on any atom is 0.243 e. The van der Waals surface area contributed by atoms with Crippen molar-refractivity contribution in [3.63, 3.8) is 0 Å². The fourth-order valence-corrected chi connectivity index (χ4v) is 4.30. The molecule has 0 aliphatic carbocycles. The molecule has 106 valence electrons. The Morgan fingerprint density at radius 1 is 1.26 bits per heavy atom. The van der Waals surface area contributed by atoms with Gasteiger partial charge in [-0.1, -0.05) is 18.6 Å². The van der Waals surface area contributed by atoms with Gasteiger partial charge in [-0.25, -0.2) is 8.42 Å². The molecule has 1 saturated heterocycles. The standard InChI is InChI=1S/C14H22N2O2S/c1-12-4-2-3-11-16(12)19(17,18)14-7-5-13(6-8-14)9-10-15/h5-8,12H,2-4,9-11,15H2,1H3/p+1/t12-/m1/s1. The molecule has 0 saturated carbocycles. The van der Waals surface area contributed by atoms with E-state index < -0.39 is 10.0 Å². The monoisotopic (exact) mass is 283 g/mol. The smallest absolute Gasteiger partial charge is 0.243 e. The molecule has 0 radical (unpaired) electrons. The topological polar surface area (TPSA) is 65.0 Å². The van der Waals surface area contributed by atoms with Crippen LogP contribution in [0.25, 0.3) is 0 Å². The van der Waals surface area contributed by atoms with E-state index in [9.17, 15) is 8.42 Å². The molecular formula is C14H23N2O2S+. The minimum absolute atomic E-state index is 0.110. The molecule has 1 heterocycles. The molecule has 2 rings (SSSR count). The van der Waals surface area contributed by atoms with Crippen molar-refractivity contribution < 1.29 is 14.2 Å². The van der Waals surface area contributed by atoms with Gasteiger partial charge in [0.1, 0.15) is 0 Å². The largest absolute Gasteiger partial charge is 0.357 e. The lowest BCUT2D eigenvalue weighted by Gasteiger charge is -2.32. The minimum Gasteiger partial charge on any atom is -0.357 e. The summed E-state index contributed by atoms with van der Waals surface area (Å²) in [5.74, 6) is 0. The maximum atomic E-state index is 12.6. The van der Waals surface area contributed by atoms with Crippen LogP contribution in [0.5, 0.6) is 0 Å². The van der Waals surface area contributed by atoms with Crippen LogP contribution >= 0.6 is 0 Å². The van der Waals surface area contributed by atoms with E-state index >= 15 is 0 Å². The Morgan fingerprint density at radius 2 is 1.95 bits per heavy atom. The van der Waals surface area contributed by atoms with E-state index in [0.29, 0.717) is 11.4 Å². The number of quaternary nitrogens is 1. The number of rotatable bonds is 4. The lowest BCUT2D eigenvalue weighted by atomic mass is 10.1. The van der Waals surface area contributed by atoms with Gasteiger partial charge in [-0.05, 0) is 37.5 Å². The van der Waals surface area contributed by atoms with Crippen LogP contribution < -0.4 is 5.73 Å². The summed E-state index contributed by atoms with van der Waals surface area (Å²) in [6.07, 6.45) is 3.93. The second-order valence-corrected chi connectivity index (χ2v) is 7.10. The van der Waals surface area contributed by atoms with Gasteiger partial charge >= 0.3 is 0 Å². The quantitative estimate of drug-likeness (QED) is 0.897. The first kappa shape index (κ1) is 14.5. The van der Waals surface area contributed by atoms with Gasteiger partial charge in [-0.2, -0.15) is 4.31 Å². The van der Waals surface area contributed by atoms with Gasteiger partial charge in [0.2, 0.25) is 10.0 Å². The lowest BCUT2D eigenvalue weighted by molar-refractivity contribution is -0.366. The molecule has 1 aromatic rings. The van der Waals surface area contributed by atoms with Gasteiger partial charge in [0.15, 0.2) is 0 Å². The molecule has 1 fully saturated rings. The number of sulfonamides is 1. The zero-order valence-electron chi connectivity index (χ0n) is 11.5. The highest BCUT2D eigenvalue weighted by atomic mass is 32.2. The van der Waals surface area contributed by atoms with Gasteiger partial charge in [-0.15, -0.1) is 0 Å². The number of benzene rings is 1. The van der Waals surface area contributed by atoms with Crippen LogP contribution in [0.3, 0.4) is 0 Å². The van der Waals surface area contributed by atoms with E-state index in [1.807, 2.05) is 19.1 Å². The molecule has 0 bridgehead atoms. The molecule has 4 nitrogen and oxygen atoms in total. The van der Waals surface area contributed by atoms with E-state index in [2.05, 4.69) is 5.73 Å². The van der Waals surface area contributed by atoms with Crippen molar-refractivity contribution in [3.05, 3.63) is 29.8 Å². The first-order chi connectivity index (χ1) is 9.05. The third-order valence-electron chi connectivity index (χ3n) is 3.74. The number of hydrogen-bond acceptors (Lipinski definition) is 2. The molecule has 0 aromatic heterocycles. The van der Waals surface area contributed by atoms with E-state index in [0.717, 1.165) is 37.8 Å². The summed E-state index contributed by atoms with van der Waals surface area (Å²) in [6, 6.07) is 7.35. The van der Waals surface area contributed by atoms with Gasteiger partial charge in [0.05, 0.1) is 11.4 Å². The third kappa shape index (κ3) is 3.16. The van der Waals surface area contributed by atoms with Gasteiger partial charge < -0.3 is 5.73 Å². The molecule has 5 heteroatoms. The molecule has 1 aliphatic rings. The normalized spacial score (nSPS) is 21.5. The van der Waals surface area contributed by atoms with Crippen molar-refractivity contribution in [1.82, 2.24) is 4.31 Å². The molecular weight excluding hydrogens is 260 g/mol. The Balaban J connectivity index is 2.23. The predicted octanol–water partition coefficient (Wildman–Crippen LogP) is 1.03. The van der Waals surface area contributed by atoms with Crippen molar-refractivity contribution in [2.24, 2.45) is 0 Å². The van der Waals surface area contributed by atoms with Crippen molar-refractivity contribution in [3.8, 4) is 0 Å². The summed E-state index contributed by atoms with van der Waals surface area (Å²) in [7, 11) is -3.33. The average Bonchev–Trinajstić information content (AvgIpc) is 2.40. The fourth-order valence-electron chi connectivity index (χ4n) is 2.60. The van der Waals surface area contributed by atoms with Crippen molar-refractivity contribution in [2.75, 3.05) is 13.1 Å². The molecule has 0 unspecified atom stereocenters. The predicted molar refractivity (Wildman–Crippen MR) is 75.1 cm³/mol. The molecule has 3 N–H and O–H groups in total. The SMILES string of the molecule is C[C@@H]1CCCCN1S(=O)(=O)c1ccc(CC[NH3+])cc1.